The number of amides is 1. The molecule has 0 saturated carbocycles. The summed E-state index contributed by atoms with van der Waals surface area (Å²) in [5, 5.41) is 17.4. The lowest BCUT2D eigenvalue weighted by Gasteiger charge is -2.04. The van der Waals surface area contributed by atoms with Crippen LogP contribution in [0.15, 0.2) is 10.8 Å². The van der Waals surface area contributed by atoms with Crippen molar-refractivity contribution in [3.63, 3.8) is 0 Å². The molecule has 1 unspecified atom stereocenters. The van der Waals surface area contributed by atoms with Gasteiger partial charge in [-0.1, -0.05) is 0 Å². The van der Waals surface area contributed by atoms with Gasteiger partial charge in [-0.25, -0.2) is 4.79 Å². The fraction of sp³-hybridized carbons (Fsp3) is 0.400. The van der Waals surface area contributed by atoms with Gasteiger partial charge in [0.1, 0.15) is 6.04 Å². The Morgan fingerprint density at radius 2 is 2.64 bits per heavy atom. The third-order valence-corrected chi connectivity index (χ3v) is 1.09. The largest absolute Gasteiger partial charge is 0.465 e. The molecule has 1 heterocycles. The summed E-state index contributed by atoms with van der Waals surface area (Å²) in [5.74, 6) is 0.257. The van der Waals surface area contributed by atoms with E-state index in [2.05, 4.69) is 15.5 Å². The maximum atomic E-state index is 10.1. The second-order valence-electron chi connectivity index (χ2n) is 1.95. The Bertz CT molecular complexity index is 233. The number of rotatable bonds is 2. The molecule has 2 N–H and O–H groups in total. The Labute approximate surface area is 62.2 Å². The van der Waals surface area contributed by atoms with Gasteiger partial charge in [0, 0.05) is 0 Å². The lowest BCUT2D eigenvalue weighted by molar-refractivity contribution is 0.188. The minimum absolute atomic E-state index is 0.257. The minimum Gasteiger partial charge on any atom is -0.465 e. The van der Waals surface area contributed by atoms with Crippen molar-refractivity contribution in [3.8, 4) is 0 Å². The zero-order valence-corrected chi connectivity index (χ0v) is 5.81. The lowest BCUT2D eigenvalue weighted by atomic mass is 10.3. The van der Waals surface area contributed by atoms with Gasteiger partial charge in [-0.05, 0) is 6.92 Å². The van der Waals surface area contributed by atoms with Gasteiger partial charge >= 0.3 is 6.09 Å². The highest BCUT2D eigenvalue weighted by molar-refractivity contribution is 5.64. The fourth-order valence-corrected chi connectivity index (χ4v) is 0.617. The number of nitrogens with one attached hydrogen (secondary N) is 1. The first-order valence-electron chi connectivity index (χ1n) is 2.95. The highest BCUT2D eigenvalue weighted by Crippen LogP contribution is 2.05. The van der Waals surface area contributed by atoms with Crippen molar-refractivity contribution in [2.24, 2.45) is 0 Å². The van der Waals surface area contributed by atoms with Crippen LogP contribution in [0.3, 0.4) is 0 Å². The number of nitrogens with zero attached hydrogens (tertiary/aromatic N) is 2. The molecule has 0 aliphatic carbocycles. The Morgan fingerprint density at radius 3 is 3.09 bits per heavy atom. The van der Waals surface area contributed by atoms with Crippen LogP contribution in [0.25, 0.3) is 0 Å². The summed E-state index contributed by atoms with van der Waals surface area (Å²) in [4.78, 5) is 10.1. The number of hydrogen-bond donors (Lipinski definition) is 2. The molecule has 6 heteroatoms. The molecule has 1 aromatic heterocycles. The zero-order chi connectivity index (χ0) is 8.27. The van der Waals surface area contributed by atoms with Crippen LogP contribution in [-0.2, 0) is 0 Å². The number of hydrogen-bond acceptors (Lipinski definition) is 4. The van der Waals surface area contributed by atoms with Gasteiger partial charge in [0.05, 0.1) is 0 Å². The van der Waals surface area contributed by atoms with Crippen LogP contribution in [0.2, 0.25) is 0 Å². The van der Waals surface area contributed by atoms with Crippen molar-refractivity contribution in [1.29, 1.82) is 0 Å². The molecule has 0 radical (unpaired) electrons. The molecule has 0 spiro atoms. The van der Waals surface area contributed by atoms with E-state index < -0.39 is 12.1 Å². The Balaban J connectivity index is 2.56. The van der Waals surface area contributed by atoms with Gasteiger partial charge in [-0.3, -0.25) is 0 Å². The molecule has 0 saturated heterocycles. The predicted octanol–water partition coefficient (Wildman–Crippen LogP) is 0.398. The molecule has 11 heavy (non-hydrogen) atoms. The topological polar surface area (TPSA) is 88.2 Å². The maximum Gasteiger partial charge on any atom is 0.405 e. The van der Waals surface area contributed by atoms with Crippen molar-refractivity contribution >= 4 is 6.09 Å². The molecule has 0 aromatic carbocycles. The summed E-state index contributed by atoms with van der Waals surface area (Å²) in [6.07, 6.45) is 0.0331. The van der Waals surface area contributed by atoms with Crippen molar-refractivity contribution in [2.45, 2.75) is 13.0 Å². The number of carboxylic acid groups (broad SMARTS) is 1. The number of carbonyl (C=O) groups is 1. The van der Waals surface area contributed by atoms with Crippen molar-refractivity contribution < 1.29 is 14.3 Å². The van der Waals surface area contributed by atoms with Gasteiger partial charge in [0.15, 0.2) is 0 Å². The average molecular weight is 157 g/mol. The van der Waals surface area contributed by atoms with Crippen LogP contribution < -0.4 is 5.32 Å². The predicted molar refractivity (Wildman–Crippen MR) is 33.9 cm³/mol. The van der Waals surface area contributed by atoms with Crippen LogP contribution in [0.4, 0.5) is 4.79 Å². The first-order chi connectivity index (χ1) is 5.20. The summed E-state index contributed by atoms with van der Waals surface area (Å²) in [6, 6.07) is -0.463. The van der Waals surface area contributed by atoms with Crippen LogP contribution in [0, 0.1) is 0 Å². The van der Waals surface area contributed by atoms with Gasteiger partial charge in [-0.15, -0.1) is 10.2 Å². The summed E-state index contributed by atoms with van der Waals surface area (Å²) >= 11 is 0. The zero-order valence-electron chi connectivity index (χ0n) is 5.81. The van der Waals surface area contributed by atoms with Crippen LogP contribution in [0.1, 0.15) is 18.9 Å². The normalized spacial score (nSPS) is 12.5. The summed E-state index contributed by atoms with van der Waals surface area (Å²) in [5.41, 5.74) is 0. The molecule has 0 aliphatic heterocycles. The fourth-order valence-electron chi connectivity index (χ4n) is 0.617. The molecule has 1 amide bonds. The second-order valence-corrected chi connectivity index (χ2v) is 1.95. The maximum absolute atomic E-state index is 10.1. The first-order valence-corrected chi connectivity index (χ1v) is 2.95. The Morgan fingerprint density at radius 1 is 1.91 bits per heavy atom. The van der Waals surface area contributed by atoms with Gasteiger partial charge in [-0.2, -0.15) is 0 Å². The minimum atomic E-state index is -1.12. The van der Waals surface area contributed by atoms with Gasteiger partial charge in [0.2, 0.25) is 12.3 Å². The monoisotopic (exact) mass is 157 g/mol. The van der Waals surface area contributed by atoms with Crippen LogP contribution >= 0.6 is 0 Å². The van der Waals surface area contributed by atoms with E-state index in [0.29, 0.717) is 0 Å². The van der Waals surface area contributed by atoms with E-state index in [4.69, 9.17) is 9.52 Å². The molecule has 60 valence electrons. The van der Waals surface area contributed by atoms with Crippen molar-refractivity contribution in [2.75, 3.05) is 0 Å². The standard InChI is InChI=1S/C5H7N3O3/c1-3(7-5(9)10)4-8-6-2-11-4/h2-3,7H,1H3,(H,9,10). The van der Waals surface area contributed by atoms with E-state index in [1.54, 1.807) is 6.92 Å². The highest BCUT2D eigenvalue weighted by Gasteiger charge is 2.11. The average Bonchev–Trinajstić information content (AvgIpc) is 2.35. The molecule has 0 bridgehead atoms. The molecule has 0 aliphatic rings. The molecule has 1 rings (SSSR count). The quantitative estimate of drug-likeness (QED) is 0.648. The molecule has 0 fully saturated rings. The van der Waals surface area contributed by atoms with E-state index in [1.165, 1.54) is 0 Å². The van der Waals surface area contributed by atoms with E-state index in [1.807, 2.05) is 0 Å². The Hall–Kier alpha value is -1.59. The van der Waals surface area contributed by atoms with Gasteiger partial charge in [0.25, 0.3) is 0 Å². The SMILES string of the molecule is CC(NC(=O)O)c1nnco1. The molecule has 1 atom stereocenters. The third-order valence-electron chi connectivity index (χ3n) is 1.09. The van der Waals surface area contributed by atoms with E-state index in [-0.39, 0.29) is 5.89 Å². The van der Waals surface area contributed by atoms with Crippen molar-refractivity contribution in [1.82, 2.24) is 15.5 Å². The van der Waals surface area contributed by atoms with Gasteiger partial charge < -0.3 is 14.8 Å². The highest BCUT2D eigenvalue weighted by atomic mass is 16.4. The first kappa shape index (κ1) is 7.52. The number of aromatic nitrogens is 2. The van der Waals surface area contributed by atoms with Crippen LogP contribution in [-0.4, -0.2) is 21.4 Å². The summed E-state index contributed by atoms with van der Waals surface area (Å²) in [7, 11) is 0. The molecule has 6 nitrogen and oxygen atoms in total. The Kier molecular flexibility index (Phi) is 2.05. The van der Waals surface area contributed by atoms with E-state index >= 15 is 0 Å². The van der Waals surface area contributed by atoms with E-state index in [0.717, 1.165) is 6.39 Å². The third kappa shape index (κ3) is 1.92. The second kappa shape index (κ2) is 3.00. The summed E-state index contributed by atoms with van der Waals surface area (Å²) in [6.45, 7) is 1.61. The lowest BCUT2D eigenvalue weighted by Crippen LogP contribution is -2.24. The molecular formula is C5H7N3O3. The van der Waals surface area contributed by atoms with E-state index in [9.17, 15) is 4.79 Å². The summed E-state index contributed by atoms with van der Waals surface area (Å²) < 4.78 is 4.75. The molecule has 1 aromatic rings. The molecular weight excluding hydrogens is 150 g/mol. The van der Waals surface area contributed by atoms with Crippen LogP contribution in [0.5, 0.6) is 0 Å². The smallest absolute Gasteiger partial charge is 0.405 e. The van der Waals surface area contributed by atoms with Crippen molar-refractivity contribution in [3.05, 3.63) is 12.3 Å².